The number of anilines is 1. The Kier molecular flexibility index (Phi) is 6.68. The molecule has 0 radical (unpaired) electrons. The van der Waals surface area contributed by atoms with Crippen molar-refractivity contribution >= 4 is 39.3 Å². The fraction of sp³-hybridized carbons (Fsp3) is 0.136. The summed E-state index contributed by atoms with van der Waals surface area (Å²) in [5, 5.41) is 4.09. The zero-order valence-electron chi connectivity index (χ0n) is 17.6. The van der Waals surface area contributed by atoms with E-state index < -0.39 is 33.9 Å². The maximum atomic E-state index is 12.7. The van der Waals surface area contributed by atoms with Gasteiger partial charge in [0.25, 0.3) is 10.0 Å². The molecule has 0 saturated carbocycles. The Balaban J connectivity index is 1.42. The fourth-order valence-electron chi connectivity index (χ4n) is 3.21. The van der Waals surface area contributed by atoms with Gasteiger partial charge in [0.2, 0.25) is 5.91 Å². The number of ether oxygens (including phenoxy) is 1. The molecule has 4 rings (SSSR count). The zero-order chi connectivity index (χ0) is 25.2. The van der Waals surface area contributed by atoms with E-state index in [1.54, 1.807) is 24.5 Å². The Morgan fingerprint density at radius 1 is 1.11 bits per heavy atom. The van der Waals surface area contributed by atoms with Crippen molar-refractivity contribution in [2.75, 3.05) is 4.72 Å². The third-order valence-corrected chi connectivity index (χ3v) is 6.44. The largest absolute Gasteiger partial charge is 0.573 e. The molecule has 2 N–H and O–H groups in total. The molecule has 0 aliphatic carbocycles. The summed E-state index contributed by atoms with van der Waals surface area (Å²) in [6.45, 7) is 0.113. The Labute approximate surface area is 202 Å². The van der Waals surface area contributed by atoms with Crippen molar-refractivity contribution in [1.29, 1.82) is 0 Å². The van der Waals surface area contributed by atoms with Gasteiger partial charge < -0.3 is 10.1 Å². The highest BCUT2D eigenvalue weighted by Gasteiger charge is 2.33. The number of fused-ring (bicyclic) bond motifs is 1. The maximum Gasteiger partial charge on any atom is 0.573 e. The number of carbonyl (C=O) groups excluding carboxylic acids is 1. The lowest BCUT2D eigenvalue weighted by Gasteiger charge is -2.15. The predicted octanol–water partition coefficient (Wildman–Crippen LogP) is 2.53. The van der Waals surface area contributed by atoms with Gasteiger partial charge in [-0.1, -0.05) is 23.7 Å². The van der Waals surface area contributed by atoms with Crippen LogP contribution in [0.5, 0.6) is 5.75 Å². The van der Waals surface area contributed by atoms with Crippen LogP contribution >= 0.6 is 11.6 Å². The molecule has 0 bridgehead atoms. The van der Waals surface area contributed by atoms with Crippen LogP contribution in [0.2, 0.25) is 5.02 Å². The average Bonchev–Trinajstić information content (AvgIpc) is 3.23. The lowest BCUT2D eigenvalue weighted by Crippen LogP contribution is -2.31. The molecule has 1 aliphatic rings. The first kappa shape index (κ1) is 24.5. The van der Waals surface area contributed by atoms with Crippen LogP contribution in [0.1, 0.15) is 5.56 Å². The Morgan fingerprint density at radius 2 is 1.86 bits per heavy atom. The van der Waals surface area contributed by atoms with Crippen LogP contribution in [0.3, 0.4) is 0 Å². The van der Waals surface area contributed by atoms with Gasteiger partial charge in [-0.3, -0.25) is 19.5 Å². The molecule has 2 heterocycles. The molecule has 35 heavy (non-hydrogen) atoms. The number of alkyl halides is 3. The molecule has 13 heteroatoms. The van der Waals surface area contributed by atoms with E-state index in [9.17, 15) is 26.4 Å². The van der Waals surface area contributed by atoms with Gasteiger partial charge in [0.05, 0.1) is 15.9 Å². The summed E-state index contributed by atoms with van der Waals surface area (Å²) in [5.41, 5.74) is 0.165. The molecule has 182 valence electrons. The summed E-state index contributed by atoms with van der Waals surface area (Å²) < 4.78 is 69.3. The standard InChI is InChI=1S/C22H16ClF3N4O4S/c23-15-3-6-18(20(10-15)34-22(24,25)26)30-35(32,33)16-4-1-13(2-5-16)11-28-21(31)19-9-14-12-27-8-7-17(14)29-19/h1-10,12,19,30H,11H2,(H,28,31). The van der Waals surface area contributed by atoms with E-state index in [-0.39, 0.29) is 22.4 Å². The first-order chi connectivity index (χ1) is 16.5. The molecular formula is C22H16ClF3N4O4S. The molecule has 1 atom stereocenters. The maximum absolute atomic E-state index is 12.7. The van der Waals surface area contributed by atoms with E-state index in [2.05, 4.69) is 24.8 Å². The van der Waals surface area contributed by atoms with Crippen molar-refractivity contribution in [2.45, 2.75) is 23.8 Å². The number of nitrogens with one attached hydrogen (secondary N) is 2. The van der Waals surface area contributed by atoms with Crippen LogP contribution in [0, 0.1) is 0 Å². The number of hydrogen-bond acceptors (Lipinski definition) is 6. The summed E-state index contributed by atoms with van der Waals surface area (Å²) in [6.07, 6.45) is -0.160. The molecule has 1 aromatic heterocycles. The molecular weight excluding hydrogens is 509 g/mol. The zero-order valence-corrected chi connectivity index (χ0v) is 19.2. The van der Waals surface area contributed by atoms with Crippen molar-refractivity contribution in [1.82, 2.24) is 10.3 Å². The minimum Gasteiger partial charge on any atom is -0.403 e. The van der Waals surface area contributed by atoms with E-state index in [1.165, 1.54) is 30.3 Å². The minimum absolute atomic E-state index is 0.0675. The monoisotopic (exact) mass is 524 g/mol. The van der Waals surface area contributed by atoms with Gasteiger partial charge in [-0.25, -0.2) is 8.42 Å². The summed E-state index contributed by atoms with van der Waals surface area (Å²) >= 11 is 5.70. The number of nitrogens with zero attached hydrogens (tertiary/aromatic N) is 2. The highest BCUT2D eigenvalue weighted by molar-refractivity contribution is 7.92. The van der Waals surface area contributed by atoms with Crippen molar-refractivity contribution in [3.63, 3.8) is 0 Å². The smallest absolute Gasteiger partial charge is 0.403 e. The van der Waals surface area contributed by atoms with Crippen LogP contribution in [0.4, 0.5) is 18.9 Å². The number of aromatic nitrogens is 1. The number of rotatable bonds is 7. The Morgan fingerprint density at radius 3 is 2.54 bits per heavy atom. The summed E-state index contributed by atoms with van der Waals surface area (Å²) in [5.74, 6) is -1.13. The normalized spacial score (nSPS) is 14.9. The van der Waals surface area contributed by atoms with Gasteiger partial charge in [0, 0.05) is 35.2 Å². The van der Waals surface area contributed by atoms with Gasteiger partial charge in [-0.15, -0.1) is 13.2 Å². The van der Waals surface area contributed by atoms with Crippen molar-refractivity contribution in [2.24, 2.45) is 4.99 Å². The second-order valence-electron chi connectivity index (χ2n) is 7.33. The van der Waals surface area contributed by atoms with Gasteiger partial charge in [-0.05, 0) is 42.0 Å². The lowest BCUT2D eigenvalue weighted by molar-refractivity contribution is -0.274. The van der Waals surface area contributed by atoms with E-state index in [1.807, 2.05) is 0 Å². The first-order valence-electron chi connectivity index (χ1n) is 9.95. The van der Waals surface area contributed by atoms with Crippen LogP contribution in [0.25, 0.3) is 6.08 Å². The molecule has 0 saturated heterocycles. The summed E-state index contributed by atoms with van der Waals surface area (Å²) in [4.78, 5) is 20.5. The van der Waals surface area contributed by atoms with Gasteiger partial charge in [0.1, 0.15) is 6.04 Å². The Hall–Kier alpha value is -3.64. The SMILES string of the molecule is O=C(NCc1ccc(S(=O)(=O)Nc2ccc(Cl)cc2OC(F)(F)F)cc1)C1C=c2cnccc2=N1. The lowest BCUT2D eigenvalue weighted by atomic mass is 10.2. The summed E-state index contributed by atoms with van der Waals surface area (Å²) in [7, 11) is -4.25. The number of hydrogen-bond donors (Lipinski definition) is 2. The van der Waals surface area contributed by atoms with E-state index in [0.717, 1.165) is 17.4 Å². The molecule has 0 spiro atoms. The van der Waals surface area contributed by atoms with E-state index in [4.69, 9.17) is 11.6 Å². The number of sulfonamides is 1. The molecule has 8 nitrogen and oxygen atoms in total. The topological polar surface area (TPSA) is 110 Å². The van der Waals surface area contributed by atoms with Gasteiger partial charge >= 0.3 is 6.36 Å². The summed E-state index contributed by atoms with van der Waals surface area (Å²) in [6, 6.07) is 9.61. The molecule has 1 unspecified atom stereocenters. The van der Waals surface area contributed by atoms with Crippen LogP contribution < -0.4 is 25.4 Å². The molecule has 3 aromatic rings. The fourth-order valence-corrected chi connectivity index (χ4v) is 4.44. The molecule has 2 aromatic carbocycles. The average molecular weight is 525 g/mol. The number of halogens is 4. The van der Waals surface area contributed by atoms with Crippen molar-refractivity contribution < 1.29 is 31.1 Å². The van der Waals surface area contributed by atoms with Crippen molar-refractivity contribution in [3.8, 4) is 5.75 Å². The van der Waals surface area contributed by atoms with Gasteiger partial charge in [-0.2, -0.15) is 0 Å². The number of carbonyl (C=O) groups is 1. The number of pyridine rings is 1. The third-order valence-electron chi connectivity index (χ3n) is 4.83. The molecule has 1 aliphatic heterocycles. The van der Waals surface area contributed by atoms with Crippen LogP contribution in [-0.2, 0) is 21.4 Å². The quantitative estimate of drug-likeness (QED) is 0.493. The number of amides is 1. The van der Waals surface area contributed by atoms with E-state index >= 15 is 0 Å². The number of benzene rings is 2. The molecule has 0 fully saturated rings. The Bertz CT molecular complexity index is 1460. The minimum atomic E-state index is -5.04. The molecule has 1 amide bonds. The third kappa shape index (κ3) is 6.08. The second kappa shape index (κ2) is 9.55. The van der Waals surface area contributed by atoms with Crippen LogP contribution in [0.15, 0.2) is 70.8 Å². The van der Waals surface area contributed by atoms with E-state index in [0.29, 0.717) is 10.9 Å². The first-order valence-corrected chi connectivity index (χ1v) is 11.8. The highest BCUT2D eigenvalue weighted by atomic mass is 35.5. The highest BCUT2D eigenvalue weighted by Crippen LogP contribution is 2.34. The van der Waals surface area contributed by atoms with Gasteiger partial charge in [0.15, 0.2) is 5.75 Å². The second-order valence-corrected chi connectivity index (χ2v) is 9.45. The predicted molar refractivity (Wildman–Crippen MR) is 121 cm³/mol. The van der Waals surface area contributed by atoms with Crippen molar-refractivity contribution in [3.05, 3.63) is 82.1 Å². The van der Waals surface area contributed by atoms with Crippen LogP contribution in [-0.4, -0.2) is 31.7 Å².